The van der Waals surface area contributed by atoms with E-state index in [2.05, 4.69) is 39.0 Å². The Balaban J connectivity index is 1.60. The van der Waals surface area contributed by atoms with Gasteiger partial charge in [-0.2, -0.15) is 0 Å². The molecule has 0 aromatic rings. The SMILES string of the molecule is CCC1=CC[C@H]2C3=CC=C4C[C@](O)(OC[C@H](O)C(C)C)C[C@H](O)[C@]4(C)[C@@H]3CC[C@]12C. The molecule has 0 saturated heterocycles. The van der Waals surface area contributed by atoms with Gasteiger partial charge in [0.25, 0.3) is 0 Å². The Kier molecular flexibility index (Phi) is 5.63. The number of allylic oxidation sites excluding steroid dienone is 5. The van der Waals surface area contributed by atoms with Gasteiger partial charge in [-0.25, -0.2) is 0 Å². The molecule has 0 aliphatic heterocycles. The number of aliphatic hydroxyl groups is 3. The van der Waals surface area contributed by atoms with Crippen molar-refractivity contribution in [2.24, 2.45) is 28.6 Å². The minimum atomic E-state index is -1.42. The predicted octanol–water partition coefficient (Wildman–Crippen LogP) is 4.51. The monoisotopic (exact) mass is 416 g/mol. The summed E-state index contributed by atoms with van der Waals surface area (Å²) in [4.78, 5) is 0. The third-order valence-electron chi connectivity index (χ3n) is 9.10. The number of fused-ring (bicyclic) bond motifs is 5. The average molecular weight is 417 g/mol. The van der Waals surface area contributed by atoms with E-state index in [0.717, 1.165) is 31.3 Å². The van der Waals surface area contributed by atoms with Crippen molar-refractivity contribution in [2.75, 3.05) is 6.61 Å². The van der Waals surface area contributed by atoms with E-state index in [1.54, 1.807) is 5.57 Å². The molecule has 0 aromatic heterocycles. The summed E-state index contributed by atoms with van der Waals surface area (Å²) >= 11 is 0. The zero-order chi connectivity index (χ0) is 21.9. The fourth-order valence-corrected chi connectivity index (χ4v) is 6.82. The third-order valence-corrected chi connectivity index (χ3v) is 9.10. The van der Waals surface area contributed by atoms with Crippen molar-refractivity contribution < 1.29 is 20.1 Å². The maximum Gasteiger partial charge on any atom is 0.171 e. The van der Waals surface area contributed by atoms with E-state index < -0.39 is 18.0 Å². The maximum atomic E-state index is 11.3. The number of ether oxygens (including phenoxy) is 1. The van der Waals surface area contributed by atoms with Gasteiger partial charge in [0.1, 0.15) is 0 Å². The molecule has 0 bridgehead atoms. The molecule has 0 amide bonds. The van der Waals surface area contributed by atoms with Crippen LogP contribution in [-0.4, -0.2) is 39.9 Å². The van der Waals surface area contributed by atoms with Gasteiger partial charge in [-0.1, -0.05) is 69.6 Å². The minimum absolute atomic E-state index is 0.0661. The highest BCUT2D eigenvalue weighted by Crippen LogP contribution is 2.64. The van der Waals surface area contributed by atoms with E-state index in [4.69, 9.17) is 4.74 Å². The highest BCUT2D eigenvalue weighted by Gasteiger charge is 2.58. The van der Waals surface area contributed by atoms with E-state index >= 15 is 0 Å². The first-order chi connectivity index (χ1) is 14.0. The summed E-state index contributed by atoms with van der Waals surface area (Å²) in [6.07, 6.45) is 10.7. The van der Waals surface area contributed by atoms with Crippen LogP contribution in [0.4, 0.5) is 0 Å². The van der Waals surface area contributed by atoms with E-state index in [1.807, 2.05) is 13.8 Å². The minimum Gasteiger partial charge on any atom is -0.392 e. The standard InChI is InChI=1S/C26H40O4/c1-6-17-8-10-20-19-9-7-18-13-26(29,30-15-22(27)16(2)3)14-23(28)25(18,5)21(19)11-12-24(17,20)4/h7-9,16,20-23,27-29H,6,10-15H2,1-5H3/t20-,21+,22-,23-,24+,25-,26-/m0/s1. The van der Waals surface area contributed by atoms with Crippen molar-refractivity contribution in [3.63, 3.8) is 0 Å². The molecule has 0 unspecified atom stereocenters. The van der Waals surface area contributed by atoms with Gasteiger partial charge in [-0.15, -0.1) is 0 Å². The average Bonchev–Trinajstić information content (AvgIpc) is 3.03. The first kappa shape index (κ1) is 22.3. The van der Waals surface area contributed by atoms with Crippen LogP contribution in [0.2, 0.25) is 0 Å². The molecule has 0 aromatic carbocycles. The van der Waals surface area contributed by atoms with E-state index in [-0.39, 0.29) is 29.8 Å². The van der Waals surface area contributed by atoms with Gasteiger partial charge in [-0.05, 0) is 48.9 Å². The van der Waals surface area contributed by atoms with Crippen molar-refractivity contribution in [1.82, 2.24) is 0 Å². The fraction of sp³-hybridized carbons (Fsp3) is 0.769. The highest BCUT2D eigenvalue weighted by molar-refractivity contribution is 5.43. The molecule has 4 aliphatic rings. The number of aliphatic hydroxyl groups excluding tert-OH is 2. The van der Waals surface area contributed by atoms with E-state index in [9.17, 15) is 15.3 Å². The lowest BCUT2D eigenvalue weighted by atomic mass is 9.49. The van der Waals surface area contributed by atoms with E-state index in [1.165, 1.54) is 5.57 Å². The Morgan fingerprint density at radius 1 is 1.20 bits per heavy atom. The summed E-state index contributed by atoms with van der Waals surface area (Å²) in [6, 6.07) is 0. The normalized spacial score (nSPS) is 43.9. The summed E-state index contributed by atoms with van der Waals surface area (Å²) in [6.45, 7) is 10.8. The summed E-state index contributed by atoms with van der Waals surface area (Å²) in [5.74, 6) is -0.497. The smallest absolute Gasteiger partial charge is 0.171 e. The molecule has 2 saturated carbocycles. The molecule has 0 spiro atoms. The van der Waals surface area contributed by atoms with Crippen LogP contribution in [0.5, 0.6) is 0 Å². The van der Waals surface area contributed by atoms with E-state index in [0.29, 0.717) is 18.3 Å². The molecule has 4 nitrogen and oxygen atoms in total. The van der Waals surface area contributed by atoms with Crippen LogP contribution < -0.4 is 0 Å². The second kappa shape index (κ2) is 7.58. The quantitative estimate of drug-likeness (QED) is 0.456. The molecule has 0 heterocycles. The number of rotatable bonds is 5. The zero-order valence-corrected chi connectivity index (χ0v) is 19.3. The lowest BCUT2D eigenvalue weighted by Crippen LogP contribution is -2.56. The van der Waals surface area contributed by atoms with Gasteiger partial charge in [0.2, 0.25) is 0 Å². The molecule has 3 N–H and O–H groups in total. The van der Waals surface area contributed by atoms with Crippen molar-refractivity contribution in [3.8, 4) is 0 Å². The van der Waals surface area contributed by atoms with Crippen LogP contribution in [0, 0.1) is 28.6 Å². The molecule has 168 valence electrons. The van der Waals surface area contributed by atoms with Crippen LogP contribution >= 0.6 is 0 Å². The Morgan fingerprint density at radius 3 is 2.60 bits per heavy atom. The van der Waals surface area contributed by atoms with Crippen LogP contribution in [0.1, 0.15) is 73.1 Å². The van der Waals surface area contributed by atoms with Crippen molar-refractivity contribution in [3.05, 3.63) is 34.9 Å². The Morgan fingerprint density at radius 2 is 1.93 bits per heavy atom. The Hall–Kier alpha value is -0.940. The lowest BCUT2D eigenvalue weighted by Gasteiger charge is -2.57. The highest BCUT2D eigenvalue weighted by atomic mass is 16.6. The first-order valence-electron chi connectivity index (χ1n) is 11.9. The Labute approximate surface area is 181 Å². The van der Waals surface area contributed by atoms with Gasteiger partial charge in [0.05, 0.1) is 18.8 Å². The second-order valence-electron chi connectivity index (χ2n) is 11.0. The van der Waals surface area contributed by atoms with Gasteiger partial charge in [-0.3, -0.25) is 0 Å². The van der Waals surface area contributed by atoms with Crippen LogP contribution in [-0.2, 0) is 4.74 Å². The third kappa shape index (κ3) is 3.26. The van der Waals surface area contributed by atoms with Gasteiger partial charge >= 0.3 is 0 Å². The predicted molar refractivity (Wildman–Crippen MR) is 119 cm³/mol. The second-order valence-corrected chi connectivity index (χ2v) is 11.0. The molecule has 7 atom stereocenters. The first-order valence-corrected chi connectivity index (χ1v) is 11.9. The topological polar surface area (TPSA) is 69.9 Å². The maximum absolute atomic E-state index is 11.3. The van der Waals surface area contributed by atoms with Crippen molar-refractivity contribution in [1.29, 1.82) is 0 Å². The summed E-state index contributed by atoms with van der Waals surface area (Å²) < 4.78 is 5.78. The molecule has 30 heavy (non-hydrogen) atoms. The Bertz CT molecular complexity index is 780. The largest absolute Gasteiger partial charge is 0.392 e. The van der Waals surface area contributed by atoms with Crippen molar-refractivity contribution >= 4 is 0 Å². The number of hydrogen-bond donors (Lipinski definition) is 3. The summed E-state index contributed by atoms with van der Waals surface area (Å²) in [7, 11) is 0. The molecular formula is C26H40O4. The molecule has 4 heteroatoms. The summed E-state index contributed by atoms with van der Waals surface area (Å²) in [5.41, 5.74) is 4.08. The van der Waals surface area contributed by atoms with Gasteiger partial charge < -0.3 is 20.1 Å². The lowest BCUT2D eigenvalue weighted by molar-refractivity contribution is -0.252. The van der Waals surface area contributed by atoms with Crippen LogP contribution in [0.25, 0.3) is 0 Å². The van der Waals surface area contributed by atoms with Gasteiger partial charge in [0.15, 0.2) is 5.79 Å². The molecular weight excluding hydrogens is 376 g/mol. The molecule has 4 aliphatic carbocycles. The molecule has 2 fully saturated rings. The van der Waals surface area contributed by atoms with Crippen LogP contribution in [0.15, 0.2) is 34.9 Å². The summed E-state index contributed by atoms with van der Waals surface area (Å²) in [5, 5.41) is 32.5. The number of hydrogen-bond acceptors (Lipinski definition) is 4. The van der Waals surface area contributed by atoms with Crippen molar-refractivity contribution in [2.45, 2.75) is 91.1 Å². The van der Waals surface area contributed by atoms with Crippen LogP contribution in [0.3, 0.4) is 0 Å². The fourth-order valence-electron chi connectivity index (χ4n) is 6.82. The molecule has 4 rings (SSSR count). The zero-order valence-electron chi connectivity index (χ0n) is 19.3. The molecule has 0 radical (unpaired) electrons. The van der Waals surface area contributed by atoms with Gasteiger partial charge in [0, 0.05) is 18.3 Å².